The Morgan fingerprint density at radius 2 is 2.12 bits per heavy atom. The highest BCUT2D eigenvalue weighted by Crippen LogP contribution is 2.20. The molecule has 0 bridgehead atoms. The van der Waals surface area contributed by atoms with Crippen LogP contribution in [0.15, 0.2) is 18.2 Å². The van der Waals surface area contributed by atoms with Gasteiger partial charge in [-0.15, -0.1) is 0 Å². The lowest BCUT2D eigenvalue weighted by Gasteiger charge is -2.21. The standard InChI is InChI=1S/C14H20N2O/c1-11-5-6-12(2)13(9-11)17-8-7-14(3,10-15)16-4/h5-6,9,16H,7-8H2,1-4H3. The number of benzene rings is 1. The molecule has 0 fully saturated rings. The highest BCUT2D eigenvalue weighted by Gasteiger charge is 2.20. The number of nitrogens with zero attached hydrogens (tertiary/aromatic N) is 1. The van der Waals surface area contributed by atoms with E-state index in [1.54, 1.807) is 7.05 Å². The molecule has 1 aromatic carbocycles. The van der Waals surface area contributed by atoms with Crippen LogP contribution in [-0.2, 0) is 0 Å². The Morgan fingerprint density at radius 3 is 2.71 bits per heavy atom. The normalized spacial score (nSPS) is 13.8. The fourth-order valence-electron chi connectivity index (χ4n) is 1.46. The third kappa shape index (κ3) is 3.76. The number of ether oxygens (including phenoxy) is 1. The number of nitrogens with one attached hydrogen (secondary N) is 1. The second kappa shape index (κ2) is 5.70. The molecule has 1 unspecified atom stereocenters. The minimum atomic E-state index is -0.516. The van der Waals surface area contributed by atoms with Gasteiger partial charge in [0.2, 0.25) is 0 Å². The predicted molar refractivity (Wildman–Crippen MR) is 69.1 cm³/mol. The van der Waals surface area contributed by atoms with E-state index in [1.807, 2.05) is 32.9 Å². The van der Waals surface area contributed by atoms with Gasteiger partial charge >= 0.3 is 0 Å². The van der Waals surface area contributed by atoms with E-state index in [-0.39, 0.29) is 0 Å². The Balaban J connectivity index is 2.57. The second-order valence-electron chi connectivity index (χ2n) is 4.56. The molecule has 3 heteroatoms. The minimum absolute atomic E-state index is 0.516. The lowest BCUT2D eigenvalue weighted by atomic mass is 10.0. The van der Waals surface area contributed by atoms with Crippen LogP contribution in [0.2, 0.25) is 0 Å². The first-order valence-corrected chi connectivity index (χ1v) is 5.81. The molecule has 0 radical (unpaired) electrons. The maximum Gasteiger partial charge on any atom is 0.122 e. The fourth-order valence-corrected chi connectivity index (χ4v) is 1.46. The van der Waals surface area contributed by atoms with Crippen LogP contribution in [0.25, 0.3) is 0 Å². The van der Waals surface area contributed by atoms with Crippen molar-refractivity contribution >= 4 is 0 Å². The molecule has 0 amide bonds. The molecular weight excluding hydrogens is 212 g/mol. The molecule has 0 saturated heterocycles. The van der Waals surface area contributed by atoms with Crippen LogP contribution in [0.4, 0.5) is 0 Å². The monoisotopic (exact) mass is 232 g/mol. The highest BCUT2D eigenvalue weighted by molar-refractivity contribution is 5.35. The summed E-state index contributed by atoms with van der Waals surface area (Å²) in [6.45, 7) is 6.48. The van der Waals surface area contributed by atoms with Gasteiger partial charge in [-0.25, -0.2) is 0 Å². The molecule has 0 aliphatic carbocycles. The number of hydrogen-bond acceptors (Lipinski definition) is 3. The van der Waals surface area contributed by atoms with Gasteiger partial charge in [-0.3, -0.25) is 0 Å². The average Bonchev–Trinajstić information content (AvgIpc) is 2.33. The molecule has 1 N–H and O–H groups in total. The zero-order chi connectivity index (χ0) is 12.9. The Labute approximate surface area is 103 Å². The van der Waals surface area contributed by atoms with Crippen LogP contribution in [-0.4, -0.2) is 19.2 Å². The summed E-state index contributed by atoms with van der Waals surface area (Å²) in [6, 6.07) is 8.39. The van der Waals surface area contributed by atoms with Gasteiger partial charge in [-0.2, -0.15) is 5.26 Å². The third-order valence-corrected chi connectivity index (χ3v) is 3.00. The fraction of sp³-hybridized carbons (Fsp3) is 0.500. The van der Waals surface area contributed by atoms with Crippen molar-refractivity contribution in [2.45, 2.75) is 32.7 Å². The van der Waals surface area contributed by atoms with Gasteiger partial charge < -0.3 is 10.1 Å². The van der Waals surface area contributed by atoms with E-state index in [4.69, 9.17) is 10.00 Å². The summed E-state index contributed by atoms with van der Waals surface area (Å²) in [5.41, 5.74) is 1.79. The molecule has 0 aliphatic heterocycles. The van der Waals surface area contributed by atoms with E-state index in [2.05, 4.69) is 17.5 Å². The van der Waals surface area contributed by atoms with Gasteiger partial charge in [-0.1, -0.05) is 12.1 Å². The maximum absolute atomic E-state index is 9.01. The van der Waals surface area contributed by atoms with Gasteiger partial charge in [0.25, 0.3) is 0 Å². The molecule has 0 heterocycles. The van der Waals surface area contributed by atoms with Crippen molar-refractivity contribution in [2.24, 2.45) is 0 Å². The van der Waals surface area contributed by atoms with E-state index in [0.717, 1.165) is 11.3 Å². The molecule has 1 rings (SSSR count). The van der Waals surface area contributed by atoms with E-state index in [9.17, 15) is 0 Å². The van der Waals surface area contributed by atoms with Gasteiger partial charge in [-0.05, 0) is 45.0 Å². The van der Waals surface area contributed by atoms with Crippen LogP contribution in [0, 0.1) is 25.2 Å². The predicted octanol–water partition coefficient (Wildman–Crippen LogP) is 2.57. The molecule has 0 spiro atoms. The smallest absolute Gasteiger partial charge is 0.122 e. The van der Waals surface area contributed by atoms with Crippen molar-refractivity contribution in [1.29, 1.82) is 5.26 Å². The molecule has 92 valence electrons. The highest BCUT2D eigenvalue weighted by atomic mass is 16.5. The summed E-state index contributed by atoms with van der Waals surface area (Å²) in [4.78, 5) is 0. The number of hydrogen-bond donors (Lipinski definition) is 1. The molecule has 1 aromatic rings. The van der Waals surface area contributed by atoms with Crippen molar-refractivity contribution in [3.63, 3.8) is 0 Å². The maximum atomic E-state index is 9.01. The van der Waals surface area contributed by atoms with Crippen LogP contribution >= 0.6 is 0 Å². The van der Waals surface area contributed by atoms with Gasteiger partial charge in [0.1, 0.15) is 11.3 Å². The van der Waals surface area contributed by atoms with E-state index >= 15 is 0 Å². The Morgan fingerprint density at radius 1 is 1.41 bits per heavy atom. The SMILES string of the molecule is CNC(C)(C#N)CCOc1cc(C)ccc1C. The molecule has 0 aromatic heterocycles. The van der Waals surface area contributed by atoms with Crippen molar-refractivity contribution in [3.8, 4) is 11.8 Å². The van der Waals surface area contributed by atoms with Crippen molar-refractivity contribution in [1.82, 2.24) is 5.32 Å². The second-order valence-corrected chi connectivity index (χ2v) is 4.56. The van der Waals surface area contributed by atoms with Crippen LogP contribution in [0.1, 0.15) is 24.5 Å². The summed E-state index contributed by atoms with van der Waals surface area (Å²) in [5.74, 6) is 0.904. The lowest BCUT2D eigenvalue weighted by molar-refractivity contribution is 0.271. The zero-order valence-electron chi connectivity index (χ0n) is 11.0. The summed E-state index contributed by atoms with van der Waals surface area (Å²) < 4.78 is 5.73. The first kappa shape index (κ1) is 13.5. The molecule has 0 saturated carbocycles. The Hall–Kier alpha value is -1.53. The number of nitriles is 1. The van der Waals surface area contributed by atoms with E-state index in [0.29, 0.717) is 13.0 Å². The van der Waals surface area contributed by atoms with Crippen molar-refractivity contribution in [3.05, 3.63) is 29.3 Å². The Kier molecular flexibility index (Phi) is 4.53. The van der Waals surface area contributed by atoms with Gasteiger partial charge in [0, 0.05) is 6.42 Å². The number of aryl methyl sites for hydroxylation is 2. The Bertz CT molecular complexity index is 423. The molecular formula is C14H20N2O. The van der Waals surface area contributed by atoms with Crippen LogP contribution in [0.5, 0.6) is 5.75 Å². The zero-order valence-corrected chi connectivity index (χ0v) is 11.0. The van der Waals surface area contributed by atoms with E-state index in [1.165, 1.54) is 5.56 Å². The quantitative estimate of drug-likeness (QED) is 0.848. The molecule has 17 heavy (non-hydrogen) atoms. The lowest BCUT2D eigenvalue weighted by Crippen LogP contribution is -2.39. The topological polar surface area (TPSA) is 45.0 Å². The summed E-state index contributed by atoms with van der Waals surface area (Å²) >= 11 is 0. The van der Waals surface area contributed by atoms with Crippen molar-refractivity contribution < 1.29 is 4.74 Å². The van der Waals surface area contributed by atoms with Crippen LogP contribution in [0.3, 0.4) is 0 Å². The van der Waals surface area contributed by atoms with Gasteiger partial charge in [0.15, 0.2) is 0 Å². The first-order valence-electron chi connectivity index (χ1n) is 5.81. The molecule has 3 nitrogen and oxygen atoms in total. The van der Waals surface area contributed by atoms with Gasteiger partial charge in [0.05, 0.1) is 12.7 Å². The molecule has 0 aliphatic rings. The van der Waals surface area contributed by atoms with Crippen molar-refractivity contribution in [2.75, 3.05) is 13.7 Å². The van der Waals surface area contributed by atoms with E-state index < -0.39 is 5.54 Å². The summed E-state index contributed by atoms with van der Waals surface area (Å²) in [5, 5.41) is 12.0. The summed E-state index contributed by atoms with van der Waals surface area (Å²) in [6.07, 6.45) is 0.660. The molecule has 1 atom stereocenters. The summed E-state index contributed by atoms with van der Waals surface area (Å²) in [7, 11) is 1.79. The number of rotatable bonds is 5. The average molecular weight is 232 g/mol. The third-order valence-electron chi connectivity index (χ3n) is 3.00. The largest absolute Gasteiger partial charge is 0.493 e. The minimum Gasteiger partial charge on any atom is -0.493 e. The first-order chi connectivity index (χ1) is 8.00. The van der Waals surface area contributed by atoms with Crippen LogP contribution < -0.4 is 10.1 Å².